The molecule has 106 valence electrons. The molecular formula is C15H12ClN3O2. The van der Waals surface area contributed by atoms with Crippen molar-refractivity contribution in [1.82, 2.24) is 9.78 Å². The number of benzene rings is 2. The molecule has 1 heterocycles. The van der Waals surface area contributed by atoms with E-state index in [4.69, 9.17) is 22.1 Å². The van der Waals surface area contributed by atoms with E-state index in [2.05, 4.69) is 5.10 Å². The summed E-state index contributed by atoms with van der Waals surface area (Å²) in [5.41, 5.74) is 7.73. The maximum absolute atomic E-state index is 12.0. The van der Waals surface area contributed by atoms with Crippen LogP contribution in [0.5, 0.6) is 0 Å². The number of aromatic nitrogens is 2. The van der Waals surface area contributed by atoms with Gasteiger partial charge in [0.1, 0.15) is 0 Å². The number of nitrogens with zero attached hydrogens (tertiary/aromatic N) is 2. The normalized spacial score (nSPS) is 10.8. The number of hydrogen-bond acceptors (Lipinski definition) is 4. The predicted molar refractivity (Wildman–Crippen MR) is 81.8 cm³/mol. The third-order valence-electron chi connectivity index (χ3n) is 3.18. The lowest BCUT2D eigenvalue weighted by Crippen LogP contribution is -2.10. The van der Waals surface area contributed by atoms with Gasteiger partial charge in [-0.25, -0.2) is 9.48 Å². The van der Waals surface area contributed by atoms with Crippen LogP contribution in [-0.2, 0) is 4.74 Å². The molecule has 0 fully saturated rings. The van der Waals surface area contributed by atoms with Crippen LogP contribution in [0.15, 0.2) is 42.6 Å². The number of halogens is 1. The Hall–Kier alpha value is -2.53. The van der Waals surface area contributed by atoms with Gasteiger partial charge in [0.2, 0.25) is 0 Å². The minimum absolute atomic E-state index is 0.274. The molecule has 0 aliphatic carbocycles. The zero-order valence-corrected chi connectivity index (χ0v) is 12.0. The zero-order chi connectivity index (χ0) is 15.0. The second kappa shape index (κ2) is 5.10. The van der Waals surface area contributed by atoms with Gasteiger partial charge in [-0.2, -0.15) is 5.10 Å². The average molecular weight is 302 g/mol. The van der Waals surface area contributed by atoms with Gasteiger partial charge in [-0.3, -0.25) is 0 Å². The molecule has 0 atom stereocenters. The fraction of sp³-hybridized carbons (Fsp3) is 0.0667. The topological polar surface area (TPSA) is 70.1 Å². The van der Waals surface area contributed by atoms with Crippen molar-refractivity contribution in [2.24, 2.45) is 0 Å². The van der Waals surface area contributed by atoms with Gasteiger partial charge in [-0.05, 0) is 18.2 Å². The number of rotatable bonds is 2. The van der Waals surface area contributed by atoms with Crippen molar-refractivity contribution in [3.05, 3.63) is 53.2 Å². The number of methoxy groups -OCH3 is 1. The molecule has 0 unspecified atom stereocenters. The number of fused-ring (bicyclic) bond motifs is 1. The maximum Gasteiger partial charge on any atom is 0.340 e. The first-order valence-electron chi connectivity index (χ1n) is 6.22. The van der Waals surface area contributed by atoms with Crippen LogP contribution in [-0.4, -0.2) is 22.9 Å². The van der Waals surface area contributed by atoms with Gasteiger partial charge in [0.15, 0.2) is 0 Å². The fourth-order valence-corrected chi connectivity index (χ4v) is 2.56. The van der Waals surface area contributed by atoms with E-state index in [1.54, 1.807) is 16.9 Å². The predicted octanol–water partition coefficient (Wildman–Crippen LogP) is 3.05. The second-order valence-corrected chi connectivity index (χ2v) is 4.91. The van der Waals surface area contributed by atoms with E-state index >= 15 is 0 Å². The summed E-state index contributed by atoms with van der Waals surface area (Å²) in [5, 5.41) is 5.60. The molecule has 2 aromatic carbocycles. The molecule has 0 amide bonds. The van der Waals surface area contributed by atoms with Gasteiger partial charge >= 0.3 is 5.97 Å². The number of esters is 1. The third-order valence-corrected chi connectivity index (χ3v) is 3.47. The van der Waals surface area contributed by atoms with E-state index in [1.807, 2.05) is 24.3 Å². The largest absolute Gasteiger partial charge is 0.465 e. The molecule has 1 aromatic heterocycles. The van der Waals surface area contributed by atoms with Gasteiger partial charge in [0.05, 0.1) is 35.1 Å². The number of para-hydroxylation sites is 1. The van der Waals surface area contributed by atoms with Crippen LogP contribution in [0.1, 0.15) is 10.4 Å². The van der Waals surface area contributed by atoms with E-state index in [1.165, 1.54) is 13.2 Å². The van der Waals surface area contributed by atoms with E-state index in [0.29, 0.717) is 16.4 Å². The molecule has 0 saturated carbocycles. The molecule has 0 bridgehead atoms. The Morgan fingerprint density at radius 1 is 1.33 bits per heavy atom. The molecule has 0 aliphatic rings. The van der Waals surface area contributed by atoms with Crippen LogP contribution in [0.4, 0.5) is 5.69 Å². The molecule has 3 rings (SSSR count). The maximum atomic E-state index is 12.0. The highest BCUT2D eigenvalue weighted by atomic mass is 35.5. The standard InChI is InChI=1S/C15H12ClN3O2/c1-21-15(20)11-6-10(17)7-12(16)14(11)19-13-5-3-2-4-9(13)8-18-19/h2-8H,17H2,1H3. The van der Waals surface area contributed by atoms with Crippen LogP contribution < -0.4 is 5.73 Å². The number of nitrogen functional groups attached to an aromatic ring is 1. The molecule has 0 saturated heterocycles. The number of nitrogens with two attached hydrogens (primary N) is 1. The molecule has 21 heavy (non-hydrogen) atoms. The first-order chi connectivity index (χ1) is 10.1. The van der Waals surface area contributed by atoms with Crippen molar-refractivity contribution in [3.63, 3.8) is 0 Å². The number of ether oxygens (including phenoxy) is 1. The van der Waals surface area contributed by atoms with Crippen molar-refractivity contribution in [2.45, 2.75) is 0 Å². The molecule has 0 radical (unpaired) electrons. The van der Waals surface area contributed by atoms with Crippen LogP contribution in [0.3, 0.4) is 0 Å². The van der Waals surface area contributed by atoms with Crippen molar-refractivity contribution in [2.75, 3.05) is 12.8 Å². The first kappa shape index (κ1) is 13.5. The van der Waals surface area contributed by atoms with Gasteiger partial charge in [0.25, 0.3) is 0 Å². The lowest BCUT2D eigenvalue weighted by atomic mass is 10.1. The van der Waals surface area contributed by atoms with Crippen molar-refractivity contribution < 1.29 is 9.53 Å². The Morgan fingerprint density at radius 2 is 2.10 bits per heavy atom. The van der Waals surface area contributed by atoms with Gasteiger partial charge in [0, 0.05) is 11.1 Å². The molecule has 5 nitrogen and oxygen atoms in total. The Kier molecular flexibility index (Phi) is 3.27. The zero-order valence-electron chi connectivity index (χ0n) is 11.2. The summed E-state index contributed by atoms with van der Waals surface area (Å²) in [6.45, 7) is 0. The summed E-state index contributed by atoms with van der Waals surface area (Å²) < 4.78 is 6.42. The lowest BCUT2D eigenvalue weighted by molar-refractivity contribution is 0.0600. The lowest BCUT2D eigenvalue weighted by Gasteiger charge is -2.12. The minimum Gasteiger partial charge on any atom is -0.465 e. The smallest absolute Gasteiger partial charge is 0.340 e. The van der Waals surface area contributed by atoms with E-state index in [0.717, 1.165) is 10.9 Å². The van der Waals surface area contributed by atoms with Crippen LogP contribution in [0.25, 0.3) is 16.6 Å². The number of hydrogen-bond donors (Lipinski definition) is 1. The van der Waals surface area contributed by atoms with E-state index in [9.17, 15) is 4.79 Å². The first-order valence-corrected chi connectivity index (χ1v) is 6.60. The van der Waals surface area contributed by atoms with Crippen molar-refractivity contribution in [1.29, 1.82) is 0 Å². The third kappa shape index (κ3) is 2.21. The molecule has 3 aromatic rings. The van der Waals surface area contributed by atoms with Gasteiger partial charge < -0.3 is 10.5 Å². The molecule has 6 heteroatoms. The second-order valence-electron chi connectivity index (χ2n) is 4.51. The SMILES string of the molecule is COC(=O)c1cc(N)cc(Cl)c1-n1ncc2ccccc21. The Balaban J connectivity index is 2.34. The van der Waals surface area contributed by atoms with E-state index in [-0.39, 0.29) is 5.56 Å². The van der Waals surface area contributed by atoms with Gasteiger partial charge in [-0.1, -0.05) is 29.8 Å². The van der Waals surface area contributed by atoms with Crippen molar-refractivity contribution in [3.8, 4) is 5.69 Å². The Labute approximate surface area is 125 Å². The Morgan fingerprint density at radius 3 is 2.86 bits per heavy atom. The number of carbonyl (C=O) groups excluding carboxylic acids is 1. The molecular weight excluding hydrogens is 290 g/mol. The van der Waals surface area contributed by atoms with Crippen molar-refractivity contribution >= 4 is 34.2 Å². The van der Waals surface area contributed by atoms with E-state index < -0.39 is 5.97 Å². The molecule has 2 N–H and O–H groups in total. The summed E-state index contributed by atoms with van der Waals surface area (Å²) in [4.78, 5) is 12.0. The molecule has 0 aliphatic heterocycles. The highest BCUT2D eigenvalue weighted by Crippen LogP contribution is 2.30. The van der Waals surface area contributed by atoms with Crippen LogP contribution >= 0.6 is 11.6 Å². The summed E-state index contributed by atoms with van der Waals surface area (Å²) in [7, 11) is 1.31. The quantitative estimate of drug-likeness (QED) is 0.583. The van der Waals surface area contributed by atoms with Crippen LogP contribution in [0.2, 0.25) is 5.02 Å². The Bertz CT molecular complexity index is 842. The summed E-state index contributed by atoms with van der Waals surface area (Å²) in [6.07, 6.45) is 1.71. The molecule has 0 spiro atoms. The van der Waals surface area contributed by atoms with Gasteiger partial charge in [-0.15, -0.1) is 0 Å². The highest BCUT2D eigenvalue weighted by Gasteiger charge is 2.19. The number of carbonyl (C=O) groups is 1. The summed E-state index contributed by atoms with van der Waals surface area (Å²) >= 11 is 6.28. The summed E-state index contributed by atoms with van der Waals surface area (Å²) in [6, 6.07) is 10.8. The monoisotopic (exact) mass is 301 g/mol. The minimum atomic E-state index is -0.515. The fourth-order valence-electron chi connectivity index (χ4n) is 2.25. The summed E-state index contributed by atoms with van der Waals surface area (Å²) in [5.74, 6) is -0.515. The number of anilines is 1. The van der Waals surface area contributed by atoms with Crippen LogP contribution in [0, 0.1) is 0 Å². The average Bonchev–Trinajstić information content (AvgIpc) is 2.89. The highest BCUT2D eigenvalue weighted by molar-refractivity contribution is 6.33.